The van der Waals surface area contributed by atoms with E-state index in [0.717, 1.165) is 6.07 Å². The van der Waals surface area contributed by atoms with Crippen molar-refractivity contribution < 1.29 is 22.3 Å². The molecule has 0 radical (unpaired) electrons. The molecular weight excluding hydrogens is 409 g/mol. The maximum Gasteiger partial charge on any atom is 0.284 e. The fourth-order valence-corrected chi connectivity index (χ4v) is 4.14. The van der Waals surface area contributed by atoms with E-state index in [1.54, 1.807) is 56.3 Å². The van der Waals surface area contributed by atoms with Crippen molar-refractivity contribution in [3.8, 4) is 0 Å². The van der Waals surface area contributed by atoms with Gasteiger partial charge in [0.1, 0.15) is 22.1 Å². The second-order valence-electron chi connectivity index (χ2n) is 7.00. The standard InChI is InChI=1S/C21H18FN3O4S/c1-12-7-8-13-5-4-6-19(20(13)23-12)30(27,28)24-21(26)18-11-15-16(22)9-14(25(2)3)10-17(15)29-18/h4-11H,1-3H3,(H,24,26)/p-1. The fraction of sp³-hybridized carbons (Fsp3) is 0.143. The van der Waals surface area contributed by atoms with Crippen LogP contribution in [-0.4, -0.2) is 33.4 Å². The number of fused-ring (bicyclic) bond motifs is 2. The summed E-state index contributed by atoms with van der Waals surface area (Å²) >= 11 is 0. The van der Waals surface area contributed by atoms with Crippen molar-refractivity contribution in [2.75, 3.05) is 19.0 Å². The van der Waals surface area contributed by atoms with Gasteiger partial charge in [-0.25, -0.2) is 4.39 Å². The van der Waals surface area contributed by atoms with Gasteiger partial charge in [0.05, 0.1) is 10.9 Å². The van der Waals surface area contributed by atoms with E-state index in [2.05, 4.69) is 9.38 Å². The first kappa shape index (κ1) is 19.8. The van der Waals surface area contributed by atoms with E-state index in [-0.39, 0.29) is 27.1 Å². The van der Waals surface area contributed by atoms with E-state index < -0.39 is 21.7 Å². The van der Waals surface area contributed by atoms with Crippen LogP contribution in [0.15, 0.2) is 62.2 Å². The number of benzene rings is 2. The maximum absolute atomic E-state index is 14.3. The molecule has 30 heavy (non-hydrogen) atoms. The largest absolute Gasteiger partial charge is 0.855 e. The van der Waals surface area contributed by atoms with Crippen LogP contribution < -0.4 is 10.0 Å². The number of furan rings is 1. The van der Waals surface area contributed by atoms with Crippen LogP contribution in [0.2, 0.25) is 0 Å². The lowest BCUT2D eigenvalue weighted by Gasteiger charge is -2.11. The van der Waals surface area contributed by atoms with Gasteiger partial charge in [0.15, 0.2) is 0 Å². The number of hydrogen-bond donors (Lipinski definition) is 0. The Labute approximate surface area is 172 Å². The number of nitrogens with zero attached hydrogens (tertiary/aromatic N) is 3. The van der Waals surface area contributed by atoms with Crippen LogP contribution in [0.25, 0.3) is 21.9 Å². The first-order valence-electron chi connectivity index (χ1n) is 8.95. The highest BCUT2D eigenvalue weighted by Crippen LogP contribution is 2.28. The summed E-state index contributed by atoms with van der Waals surface area (Å²) in [5.41, 5.74) is 1.51. The first-order valence-corrected chi connectivity index (χ1v) is 10.4. The third-order valence-electron chi connectivity index (χ3n) is 4.60. The van der Waals surface area contributed by atoms with Gasteiger partial charge in [-0.15, -0.1) is 0 Å². The minimum atomic E-state index is -4.37. The zero-order chi connectivity index (χ0) is 21.6. The molecule has 0 unspecified atom stereocenters. The van der Waals surface area contributed by atoms with Gasteiger partial charge < -0.3 is 14.4 Å². The minimum Gasteiger partial charge on any atom is -0.855 e. The van der Waals surface area contributed by atoms with Crippen LogP contribution in [0.5, 0.6) is 0 Å². The lowest BCUT2D eigenvalue weighted by Crippen LogP contribution is -2.20. The molecule has 0 bridgehead atoms. The summed E-state index contributed by atoms with van der Waals surface area (Å²) < 4.78 is 48.8. The molecule has 0 N–H and O–H groups in total. The Kier molecular flexibility index (Phi) is 4.70. The lowest BCUT2D eigenvalue weighted by molar-refractivity contribution is -0.214. The molecule has 7 nitrogen and oxygen atoms in total. The van der Waals surface area contributed by atoms with Crippen LogP contribution >= 0.6 is 0 Å². The van der Waals surface area contributed by atoms with Gasteiger partial charge in [-0.05, 0) is 31.2 Å². The van der Waals surface area contributed by atoms with E-state index in [0.29, 0.717) is 16.8 Å². The second kappa shape index (κ2) is 7.10. The van der Waals surface area contributed by atoms with Crippen LogP contribution in [0.1, 0.15) is 11.5 Å². The minimum absolute atomic E-state index is 0.0685. The second-order valence-corrected chi connectivity index (χ2v) is 8.57. The van der Waals surface area contributed by atoms with Crippen LogP contribution in [0.3, 0.4) is 0 Å². The molecule has 4 aromatic rings. The third kappa shape index (κ3) is 3.48. The number of anilines is 1. The van der Waals surface area contributed by atoms with E-state index in [1.807, 2.05) is 0 Å². The van der Waals surface area contributed by atoms with E-state index >= 15 is 0 Å². The summed E-state index contributed by atoms with van der Waals surface area (Å²) in [6.45, 7) is 1.73. The van der Waals surface area contributed by atoms with Gasteiger partial charge in [-0.2, -0.15) is 12.8 Å². The summed E-state index contributed by atoms with van der Waals surface area (Å²) in [7, 11) is -0.902. The SMILES string of the molecule is Cc1ccc2cccc(S(=O)(=O)/N=C(\[O-])c3cc4c(F)cc(N(C)C)cc4o3)c2n1. The van der Waals surface area contributed by atoms with Crippen molar-refractivity contribution in [1.29, 1.82) is 0 Å². The van der Waals surface area contributed by atoms with Crippen molar-refractivity contribution in [1.82, 2.24) is 4.98 Å². The molecule has 0 atom stereocenters. The van der Waals surface area contributed by atoms with Crippen molar-refractivity contribution in [3.63, 3.8) is 0 Å². The number of halogens is 1. The Balaban J connectivity index is 1.82. The van der Waals surface area contributed by atoms with Gasteiger partial charge >= 0.3 is 0 Å². The molecule has 0 fully saturated rings. The van der Waals surface area contributed by atoms with Crippen molar-refractivity contribution in [2.45, 2.75) is 11.8 Å². The predicted octanol–water partition coefficient (Wildman–Crippen LogP) is 2.99. The Bertz CT molecular complexity index is 1430. The maximum atomic E-state index is 14.3. The Morgan fingerprint density at radius 3 is 2.67 bits per heavy atom. The summed E-state index contributed by atoms with van der Waals surface area (Å²) in [5.74, 6) is -2.08. The molecule has 2 aromatic carbocycles. The van der Waals surface area contributed by atoms with E-state index in [4.69, 9.17) is 4.42 Å². The molecule has 0 saturated carbocycles. The van der Waals surface area contributed by atoms with Crippen LogP contribution in [0.4, 0.5) is 10.1 Å². The number of aromatic nitrogens is 1. The highest BCUT2D eigenvalue weighted by atomic mass is 32.2. The number of aryl methyl sites for hydroxylation is 1. The van der Waals surface area contributed by atoms with Crippen molar-refractivity contribution >= 4 is 43.5 Å². The molecule has 0 amide bonds. The molecule has 154 valence electrons. The molecule has 0 aliphatic carbocycles. The normalized spacial score (nSPS) is 12.6. The Hall–Kier alpha value is -3.46. The van der Waals surface area contributed by atoms with E-state index in [1.165, 1.54) is 12.1 Å². The number of para-hydroxylation sites is 1. The first-order chi connectivity index (χ1) is 14.2. The molecule has 2 heterocycles. The predicted molar refractivity (Wildman–Crippen MR) is 111 cm³/mol. The van der Waals surface area contributed by atoms with Crippen LogP contribution in [-0.2, 0) is 10.0 Å². The smallest absolute Gasteiger partial charge is 0.284 e. The molecule has 4 rings (SSSR count). The molecule has 0 aliphatic rings. The van der Waals surface area contributed by atoms with E-state index in [9.17, 15) is 17.9 Å². The summed E-state index contributed by atoms with van der Waals surface area (Å²) in [6, 6.07) is 12.1. The third-order valence-corrected chi connectivity index (χ3v) is 5.89. The lowest BCUT2D eigenvalue weighted by atomic mass is 10.2. The average molecular weight is 426 g/mol. The fourth-order valence-electron chi connectivity index (χ4n) is 3.08. The van der Waals surface area contributed by atoms with Crippen LogP contribution in [0, 0.1) is 12.7 Å². The van der Waals surface area contributed by atoms with Crippen molar-refractivity contribution in [3.05, 3.63) is 65.8 Å². The van der Waals surface area contributed by atoms with Gasteiger partial charge in [-0.3, -0.25) is 4.98 Å². The van der Waals surface area contributed by atoms with Crippen molar-refractivity contribution in [2.24, 2.45) is 4.40 Å². The number of sulfonamides is 1. The van der Waals surface area contributed by atoms with Gasteiger partial charge in [0, 0.05) is 42.8 Å². The molecule has 0 saturated heterocycles. The summed E-state index contributed by atoms with van der Waals surface area (Å²) in [6.07, 6.45) is 0. The molecule has 0 aliphatic heterocycles. The zero-order valence-corrected chi connectivity index (χ0v) is 17.2. The average Bonchev–Trinajstić information content (AvgIpc) is 3.12. The van der Waals surface area contributed by atoms with Gasteiger partial charge in [0.25, 0.3) is 10.0 Å². The molecule has 0 spiro atoms. The Morgan fingerprint density at radius 1 is 1.17 bits per heavy atom. The van der Waals surface area contributed by atoms with Gasteiger partial charge in [0.2, 0.25) is 0 Å². The topological polar surface area (TPSA) is 98.8 Å². The molecule has 2 aromatic heterocycles. The summed E-state index contributed by atoms with van der Waals surface area (Å²) in [4.78, 5) is 5.76. The molecular formula is C21H17FN3O4S-. The summed E-state index contributed by atoms with van der Waals surface area (Å²) in [5, 5.41) is 13.2. The van der Waals surface area contributed by atoms with Gasteiger partial charge in [-0.1, -0.05) is 18.2 Å². The Morgan fingerprint density at radius 2 is 1.93 bits per heavy atom. The molecule has 9 heteroatoms. The highest BCUT2D eigenvalue weighted by molar-refractivity contribution is 7.90. The zero-order valence-electron chi connectivity index (χ0n) is 16.4. The number of hydrogen-bond acceptors (Lipinski definition) is 6. The highest BCUT2D eigenvalue weighted by Gasteiger charge is 2.19. The number of pyridine rings is 1. The number of rotatable bonds is 4. The monoisotopic (exact) mass is 426 g/mol. The quantitative estimate of drug-likeness (QED) is 0.367.